The highest BCUT2D eigenvalue weighted by atomic mass is 79.9. The van der Waals surface area contributed by atoms with E-state index in [1.165, 1.54) is 0 Å². The summed E-state index contributed by atoms with van der Waals surface area (Å²) < 4.78 is 0.900. The minimum Gasteiger partial charge on any atom is -0.326 e. The molecule has 0 saturated heterocycles. The number of carbonyl (C=O) groups is 3. The van der Waals surface area contributed by atoms with Crippen LogP contribution in [0.4, 0.5) is 11.4 Å². The van der Waals surface area contributed by atoms with Gasteiger partial charge in [-0.1, -0.05) is 33.6 Å². The zero-order chi connectivity index (χ0) is 20.7. The minimum atomic E-state index is -0.954. The summed E-state index contributed by atoms with van der Waals surface area (Å²) in [5.74, 6) is -2.14. The van der Waals surface area contributed by atoms with Gasteiger partial charge in [0.15, 0.2) is 0 Å². The van der Waals surface area contributed by atoms with Gasteiger partial charge in [-0.2, -0.15) is 5.10 Å². The monoisotopic (exact) mass is 464 g/mol. The molecule has 3 N–H and O–H groups in total. The first kappa shape index (κ1) is 21.6. The quantitative estimate of drug-likeness (QED) is 0.355. The molecule has 0 aliphatic heterocycles. The Bertz CT molecular complexity index is 929. The topological polar surface area (TPSA) is 99.7 Å². The van der Waals surface area contributed by atoms with Gasteiger partial charge in [0.05, 0.1) is 6.42 Å². The number of benzene rings is 2. The summed E-state index contributed by atoms with van der Waals surface area (Å²) in [6, 6.07) is 12.0. The Labute approximate surface area is 175 Å². The molecule has 0 aromatic heterocycles. The summed E-state index contributed by atoms with van der Waals surface area (Å²) in [5, 5.41) is 9.38. The fraction of sp³-hybridized carbons (Fsp3) is 0.158. The first-order valence-corrected chi connectivity index (χ1v) is 9.38. The zero-order valence-corrected chi connectivity index (χ0v) is 17.5. The average molecular weight is 466 g/mol. The molecule has 2 aromatic rings. The van der Waals surface area contributed by atoms with Gasteiger partial charge in [-0.05, 0) is 55.8 Å². The number of nitrogens with zero attached hydrogens (tertiary/aromatic N) is 1. The number of aryl methyl sites for hydroxylation is 1. The second kappa shape index (κ2) is 10.0. The molecule has 2 aromatic carbocycles. The minimum absolute atomic E-state index is 0.0362. The Balaban J connectivity index is 1.84. The molecule has 0 fully saturated rings. The van der Waals surface area contributed by atoms with Crippen molar-refractivity contribution in [2.75, 3.05) is 10.6 Å². The maximum absolute atomic E-state index is 12.0. The number of hydrogen-bond acceptors (Lipinski definition) is 4. The fourth-order valence-electron chi connectivity index (χ4n) is 2.07. The summed E-state index contributed by atoms with van der Waals surface area (Å²) >= 11 is 9.29. The summed E-state index contributed by atoms with van der Waals surface area (Å²) in [4.78, 5) is 35.7. The van der Waals surface area contributed by atoms with Crippen LogP contribution in [0.15, 0.2) is 52.0 Å². The first-order valence-electron chi connectivity index (χ1n) is 8.20. The van der Waals surface area contributed by atoms with Gasteiger partial charge in [0, 0.05) is 26.6 Å². The standard InChI is InChI=1S/C19H18BrClN4O3/c1-11-3-6-15(10-16(11)21)23-18(27)19(28)25-24-12(2)9-17(26)22-14-7-4-13(20)5-8-14/h3-8,10H,9H2,1-2H3,(H,22,26)(H,23,27)(H,25,28)/b24-12-. The molecule has 146 valence electrons. The molecule has 0 aliphatic rings. The molecule has 28 heavy (non-hydrogen) atoms. The smallest absolute Gasteiger partial charge is 0.326 e. The zero-order valence-electron chi connectivity index (χ0n) is 15.2. The highest BCUT2D eigenvalue weighted by Gasteiger charge is 2.14. The van der Waals surface area contributed by atoms with E-state index in [1.54, 1.807) is 49.4 Å². The maximum atomic E-state index is 12.0. The van der Waals surface area contributed by atoms with Gasteiger partial charge in [-0.15, -0.1) is 0 Å². The highest BCUT2D eigenvalue weighted by molar-refractivity contribution is 9.10. The van der Waals surface area contributed by atoms with Crippen molar-refractivity contribution in [3.8, 4) is 0 Å². The van der Waals surface area contributed by atoms with Crippen molar-refractivity contribution in [2.45, 2.75) is 20.3 Å². The lowest BCUT2D eigenvalue weighted by atomic mass is 10.2. The van der Waals surface area contributed by atoms with E-state index >= 15 is 0 Å². The number of amides is 3. The van der Waals surface area contributed by atoms with Gasteiger partial charge < -0.3 is 10.6 Å². The molecule has 2 rings (SSSR count). The summed E-state index contributed by atoms with van der Waals surface area (Å²) in [6.45, 7) is 3.39. The van der Waals surface area contributed by atoms with Gasteiger partial charge >= 0.3 is 11.8 Å². The van der Waals surface area contributed by atoms with E-state index in [2.05, 4.69) is 37.1 Å². The van der Waals surface area contributed by atoms with Gasteiger partial charge in [0.1, 0.15) is 0 Å². The lowest BCUT2D eigenvalue weighted by Crippen LogP contribution is -2.33. The summed E-state index contributed by atoms with van der Waals surface area (Å²) in [6.07, 6.45) is -0.0362. The SMILES string of the molecule is C/C(CC(=O)Nc1ccc(Br)cc1)=N/NC(=O)C(=O)Nc1ccc(C)c(Cl)c1. The maximum Gasteiger partial charge on any atom is 0.329 e. The lowest BCUT2D eigenvalue weighted by molar-refractivity contribution is -0.136. The Morgan fingerprint density at radius 2 is 1.64 bits per heavy atom. The number of nitrogens with one attached hydrogen (secondary N) is 3. The molecule has 0 unspecified atom stereocenters. The van der Waals surface area contributed by atoms with Crippen molar-refractivity contribution in [3.05, 3.63) is 57.5 Å². The molecule has 0 saturated carbocycles. The molecular weight excluding hydrogens is 448 g/mol. The van der Waals surface area contributed by atoms with E-state index in [0.717, 1.165) is 10.0 Å². The molecule has 0 atom stereocenters. The molecule has 0 heterocycles. The molecule has 0 radical (unpaired) electrons. The van der Waals surface area contributed by atoms with Crippen molar-refractivity contribution >= 4 is 62.3 Å². The Morgan fingerprint density at radius 1 is 1.00 bits per heavy atom. The molecule has 9 heteroatoms. The largest absolute Gasteiger partial charge is 0.329 e. The summed E-state index contributed by atoms with van der Waals surface area (Å²) in [7, 11) is 0. The number of carbonyl (C=O) groups excluding carboxylic acids is 3. The van der Waals surface area contributed by atoms with Crippen molar-refractivity contribution < 1.29 is 14.4 Å². The van der Waals surface area contributed by atoms with Crippen LogP contribution >= 0.6 is 27.5 Å². The van der Waals surface area contributed by atoms with Crippen LogP contribution in [0.3, 0.4) is 0 Å². The predicted octanol–water partition coefficient (Wildman–Crippen LogP) is 3.87. The Morgan fingerprint density at radius 3 is 2.29 bits per heavy atom. The third-order valence-corrected chi connectivity index (χ3v) is 4.46. The first-order chi connectivity index (χ1) is 13.2. The van der Waals surface area contributed by atoms with Crippen LogP contribution in [0, 0.1) is 6.92 Å². The normalized spacial score (nSPS) is 10.9. The predicted molar refractivity (Wildman–Crippen MR) is 113 cm³/mol. The van der Waals surface area contributed by atoms with E-state index in [-0.39, 0.29) is 12.3 Å². The Hall–Kier alpha value is -2.71. The number of hydrazone groups is 1. The fourth-order valence-corrected chi connectivity index (χ4v) is 2.51. The second-order valence-electron chi connectivity index (χ2n) is 5.94. The van der Waals surface area contributed by atoms with E-state index in [4.69, 9.17) is 11.6 Å². The van der Waals surface area contributed by atoms with Gasteiger partial charge in [-0.3, -0.25) is 14.4 Å². The van der Waals surface area contributed by atoms with Crippen LogP contribution in [0.2, 0.25) is 5.02 Å². The number of anilines is 2. The van der Waals surface area contributed by atoms with Crippen molar-refractivity contribution in [1.82, 2.24) is 5.43 Å². The molecular formula is C19H18BrClN4O3. The van der Waals surface area contributed by atoms with Crippen LogP contribution in [0.1, 0.15) is 18.9 Å². The number of rotatable bonds is 5. The van der Waals surface area contributed by atoms with Crippen molar-refractivity contribution in [2.24, 2.45) is 5.10 Å². The summed E-state index contributed by atoms with van der Waals surface area (Å²) in [5.41, 5.74) is 4.35. The second-order valence-corrected chi connectivity index (χ2v) is 7.26. The molecule has 0 aliphatic carbocycles. The van der Waals surface area contributed by atoms with Crippen LogP contribution in [0.5, 0.6) is 0 Å². The highest BCUT2D eigenvalue weighted by Crippen LogP contribution is 2.19. The molecule has 3 amide bonds. The van der Waals surface area contributed by atoms with Gasteiger partial charge in [-0.25, -0.2) is 5.43 Å². The van der Waals surface area contributed by atoms with E-state index in [0.29, 0.717) is 22.1 Å². The number of hydrogen-bond donors (Lipinski definition) is 3. The number of halogens is 2. The van der Waals surface area contributed by atoms with E-state index < -0.39 is 11.8 Å². The van der Waals surface area contributed by atoms with Crippen LogP contribution in [0.25, 0.3) is 0 Å². The van der Waals surface area contributed by atoms with Crippen LogP contribution < -0.4 is 16.1 Å². The third kappa shape index (κ3) is 6.79. The van der Waals surface area contributed by atoms with Gasteiger partial charge in [0.2, 0.25) is 5.91 Å². The van der Waals surface area contributed by atoms with Crippen LogP contribution in [-0.2, 0) is 14.4 Å². The molecule has 0 spiro atoms. The Kier molecular flexibility index (Phi) is 7.71. The van der Waals surface area contributed by atoms with Gasteiger partial charge in [0.25, 0.3) is 0 Å². The third-order valence-electron chi connectivity index (χ3n) is 3.53. The lowest BCUT2D eigenvalue weighted by Gasteiger charge is -2.07. The van der Waals surface area contributed by atoms with Crippen LogP contribution in [-0.4, -0.2) is 23.4 Å². The molecule has 7 nitrogen and oxygen atoms in total. The molecule has 0 bridgehead atoms. The van der Waals surface area contributed by atoms with E-state index in [9.17, 15) is 14.4 Å². The average Bonchev–Trinajstić information content (AvgIpc) is 2.64. The van der Waals surface area contributed by atoms with E-state index in [1.807, 2.05) is 6.92 Å². The van der Waals surface area contributed by atoms with Crippen molar-refractivity contribution in [1.29, 1.82) is 0 Å². The van der Waals surface area contributed by atoms with Crippen molar-refractivity contribution in [3.63, 3.8) is 0 Å².